The molecule has 0 aromatic heterocycles. The molecular weight excluding hydrogens is 196 g/mol. The zero-order valence-corrected chi connectivity index (χ0v) is 9.49. The van der Waals surface area contributed by atoms with Crippen molar-refractivity contribution >= 4 is 5.97 Å². The van der Waals surface area contributed by atoms with Crippen LogP contribution in [-0.2, 0) is 14.3 Å². The molecule has 0 aromatic carbocycles. The maximum atomic E-state index is 11.4. The van der Waals surface area contributed by atoms with Crippen molar-refractivity contribution in [2.24, 2.45) is 0 Å². The molecule has 0 saturated carbocycles. The van der Waals surface area contributed by atoms with Gasteiger partial charge in [-0.1, -0.05) is 0 Å². The van der Waals surface area contributed by atoms with E-state index in [0.717, 1.165) is 13.1 Å². The lowest BCUT2D eigenvalue weighted by atomic mass is 10.4. The molecule has 1 atom stereocenters. The molecule has 1 aliphatic heterocycles. The number of hydrogen-bond donors (Lipinski definition) is 1. The van der Waals surface area contributed by atoms with Crippen LogP contribution in [0, 0.1) is 0 Å². The topological polar surface area (TPSA) is 50.8 Å². The molecule has 1 fully saturated rings. The molecule has 5 heteroatoms. The predicted octanol–water partition coefficient (Wildman–Crippen LogP) is -0.530. The first-order chi connectivity index (χ1) is 7.22. The minimum atomic E-state index is -0.154. The summed E-state index contributed by atoms with van der Waals surface area (Å²) in [6, 6.07) is 0.207. The first-order valence-corrected chi connectivity index (χ1v) is 5.35. The molecule has 1 aliphatic rings. The fourth-order valence-electron chi connectivity index (χ4n) is 1.29. The van der Waals surface area contributed by atoms with E-state index in [2.05, 4.69) is 10.2 Å². The van der Waals surface area contributed by atoms with Crippen molar-refractivity contribution in [3.05, 3.63) is 0 Å². The Morgan fingerprint density at radius 1 is 1.53 bits per heavy atom. The number of esters is 1. The molecule has 0 amide bonds. The number of nitrogens with one attached hydrogen (secondary N) is 1. The van der Waals surface area contributed by atoms with Crippen LogP contribution in [0.4, 0.5) is 0 Å². The summed E-state index contributed by atoms with van der Waals surface area (Å²) in [5, 5.41) is 3.01. The van der Waals surface area contributed by atoms with Gasteiger partial charge in [0.1, 0.15) is 6.61 Å². The smallest absolute Gasteiger partial charge is 0.320 e. The van der Waals surface area contributed by atoms with Crippen LogP contribution < -0.4 is 5.32 Å². The van der Waals surface area contributed by atoms with Gasteiger partial charge in [0.15, 0.2) is 0 Å². The van der Waals surface area contributed by atoms with Crippen LogP contribution in [0.5, 0.6) is 0 Å². The van der Waals surface area contributed by atoms with Crippen LogP contribution in [0.15, 0.2) is 0 Å². The number of carbonyl (C=O) groups is 1. The molecule has 1 N–H and O–H groups in total. The lowest BCUT2D eigenvalue weighted by Crippen LogP contribution is -2.40. The van der Waals surface area contributed by atoms with E-state index >= 15 is 0 Å². The van der Waals surface area contributed by atoms with Crippen molar-refractivity contribution in [3.63, 3.8) is 0 Å². The molecule has 0 aliphatic carbocycles. The maximum Gasteiger partial charge on any atom is 0.320 e. The van der Waals surface area contributed by atoms with E-state index in [1.165, 1.54) is 0 Å². The minimum Gasteiger partial charge on any atom is -0.463 e. The fourth-order valence-corrected chi connectivity index (χ4v) is 1.29. The molecule has 1 heterocycles. The van der Waals surface area contributed by atoms with Crippen molar-refractivity contribution in [2.45, 2.75) is 13.0 Å². The summed E-state index contributed by atoms with van der Waals surface area (Å²) >= 11 is 0. The monoisotopic (exact) mass is 216 g/mol. The van der Waals surface area contributed by atoms with E-state index in [1.54, 1.807) is 0 Å². The molecule has 15 heavy (non-hydrogen) atoms. The molecule has 0 bridgehead atoms. The Morgan fingerprint density at radius 3 is 2.80 bits per heavy atom. The Hall–Kier alpha value is -0.650. The summed E-state index contributed by atoms with van der Waals surface area (Å²) in [5.41, 5.74) is 0. The Labute approximate surface area is 90.7 Å². The van der Waals surface area contributed by atoms with E-state index < -0.39 is 0 Å². The van der Waals surface area contributed by atoms with Crippen LogP contribution in [0.3, 0.4) is 0 Å². The van der Waals surface area contributed by atoms with E-state index in [1.807, 2.05) is 14.0 Å². The standard InChI is InChI=1S/C10H20N2O3/c1-9(11-2)8-15-10(13)7-12-3-5-14-6-4-12/h9,11H,3-8H2,1-2H3. The van der Waals surface area contributed by atoms with E-state index in [9.17, 15) is 4.79 Å². The second-order valence-corrected chi connectivity index (χ2v) is 3.76. The molecule has 0 radical (unpaired) electrons. The lowest BCUT2D eigenvalue weighted by Gasteiger charge is -2.25. The number of hydrogen-bond acceptors (Lipinski definition) is 5. The van der Waals surface area contributed by atoms with Gasteiger partial charge in [-0.05, 0) is 14.0 Å². The average molecular weight is 216 g/mol. The van der Waals surface area contributed by atoms with Gasteiger partial charge in [0.2, 0.25) is 0 Å². The zero-order chi connectivity index (χ0) is 11.1. The summed E-state index contributed by atoms with van der Waals surface area (Å²) < 4.78 is 10.3. The number of likely N-dealkylation sites (N-methyl/N-ethyl adjacent to an activating group) is 1. The van der Waals surface area contributed by atoms with Crippen LogP contribution in [0.1, 0.15) is 6.92 Å². The average Bonchev–Trinajstić information content (AvgIpc) is 2.27. The second-order valence-electron chi connectivity index (χ2n) is 3.76. The first kappa shape index (κ1) is 12.4. The summed E-state index contributed by atoms with van der Waals surface area (Å²) in [5.74, 6) is -0.154. The highest BCUT2D eigenvalue weighted by atomic mass is 16.5. The normalized spacial score (nSPS) is 19.9. The van der Waals surface area contributed by atoms with Gasteiger partial charge < -0.3 is 14.8 Å². The van der Waals surface area contributed by atoms with E-state index in [0.29, 0.717) is 26.4 Å². The maximum absolute atomic E-state index is 11.4. The number of carbonyl (C=O) groups excluding carboxylic acids is 1. The molecule has 1 rings (SSSR count). The molecular formula is C10H20N2O3. The highest BCUT2D eigenvalue weighted by Crippen LogP contribution is 1.97. The SMILES string of the molecule is CNC(C)COC(=O)CN1CCOCC1. The molecule has 5 nitrogen and oxygen atoms in total. The van der Waals surface area contributed by atoms with Crippen LogP contribution >= 0.6 is 0 Å². The molecule has 88 valence electrons. The van der Waals surface area contributed by atoms with Gasteiger partial charge >= 0.3 is 5.97 Å². The van der Waals surface area contributed by atoms with E-state index in [-0.39, 0.29) is 12.0 Å². The third-order valence-electron chi connectivity index (χ3n) is 2.44. The molecule has 1 saturated heterocycles. The number of rotatable bonds is 5. The quantitative estimate of drug-likeness (QED) is 0.626. The summed E-state index contributed by atoms with van der Waals surface area (Å²) in [6.45, 7) is 5.83. The fraction of sp³-hybridized carbons (Fsp3) is 0.900. The van der Waals surface area contributed by atoms with Crippen molar-refractivity contribution in [1.29, 1.82) is 0 Å². The van der Waals surface area contributed by atoms with Crippen molar-refractivity contribution < 1.29 is 14.3 Å². The Balaban J connectivity index is 2.11. The summed E-state index contributed by atoms with van der Waals surface area (Å²) in [7, 11) is 1.85. The highest BCUT2D eigenvalue weighted by molar-refractivity contribution is 5.71. The number of nitrogens with zero attached hydrogens (tertiary/aromatic N) is 1. The molecule has 1 unspecified atom stereocenters. The van der Waals surface area contributed by atoms with Gasteiger partial charge in [0, 0.05) is 19.1 Å². The Morgan fingerprint density at radius 2 is 2.20 bits per heavy atom. The predicted molar refractivity (Wildman–Crippen MR) is 56.7 cm³/mol. The third-order valence-corrected chi connectivity index (χ3v) is 2.44. The Kier molecular flexibility index (Phi) is 5.60. The largest absolute Gasteiger partial charge is 0.463 e. The second kappa shape index (κ2) is 6.76. The van der Waals surface area contributed by atoms with E-state index in [4.69, 9.17) is 9.47 Å². The highest BCUT2D eigenvalue weighted by Gasteiger charge is 2.15. The summed E-state index contributed by atoms with van der Waals surface area (Å²) in [6.07, 6.45) is 0. The van der Waals surface area contributed by atoms with Gasteiger partial charge in [-0.2, -0.15) is 0 Å². The molecule has 0 aromatic rings. The van der Waals surface area contributed by atoms with Crippen LogP contribution in [0.2, 0.25) is 0 Å². The van der Waals surface area contributed by atoms with Crippen molar-refractivity contribution in [3.8, 4) is 0 Å². The Bertz CT molecular complexity index is 193. The van der Waals surface area contributed by atoms with Crippen LogP contribution in [0.25, 0.3) is 0 Å². The number of ether oxygens (including phenoxy) is 2. The van der Waals surface area contributed by atoms with Gasteiger partial charge in [-0.3, -0.25) is 9.69 Å². The minimum absolute atomic E-state index is 0.154. The summed E-state index contributed by atoms with van der Waals surface area (Å²) in [4.78, 5) is 13.5. The van der Waals surface area contributed by atoms with Crippen molar-refractivity contribution in [1.82, 2.24) is 10.2 Å². The van der Waals surface area contributed by atoms with Crippen molar-refractivity contribution in [2.75, 3.05) is 46.5 Å². The van der Waals surface area contributed by atoms with Gasteiger partial charge in [0.05, 0.1) is 19.8 Å². The van der Waals surface area contributed by atoms with Gasteiger partial charge in [0.25, 0.3) is 0 Å². The van der Waals surface area contributed by atoms with Crippen LogP contribution in [-0.4, -0.2) is 63.4 Å². The third kappa shape index (κ3) is 5.11. The van der Waals surface area contributed by atoms with Gasteiger partial charge in [-0.25, -0.2) is 0 Å². The lowest BCUT2D eigenvalue weighted by molar-refractivity contribution is -0.146. The zero-order valence-electron chi connectivity index (χ0n) is 9.49. The first-order valence-electron chi connectivity index (χ1n) is 5.35. The van der Waals surface area contributed by atoms with Gasteiger partial charge in [-0.15, -0.1) is 0 Å². The molecule has 0 spiro atoms. The number of morpholine rings is 1.